The number of benzene rings is 1. The molecule has 2 rings (SSSR count). The summed E-state index contributed by atoms with van der Waals surface area (Å²) in [5.74, 6) is 1.19. The van der Waals surface area contributed by atoms with E-state index in [1.807, 2.05) is 6.07 Å². The molecule has 0 aromatic heterocycles. The van der Waals surface area contributed by atoms with Crippen molar-refractivity contribution in [1.82, 2.24) is 5.32 Å². The number of halogens is 1. The molecule has 1 N–H and O–H groups in total. The van der Waals surface area contributed by atoms with Crippen LogP contribution in [0.4, 0.5) is 5.69 Å². The van der Waals surface area contributed by atoms with E-state index in [2.05, 4.69) is 61.8 Å². The lowest BCUT2D eigenvalue weighted by molar-refractivity contribution is 0.586. The predicted octanol–water partition coefficient (Wildman–Crippen LogP) is 4.56. The van der Waals surface area contributed by atoms with Gasteiger partial charge >= 0.3 is 0 Å². The molecule has 0 bridgehead atoms. The van der Waals surface area contributed by atoms with Crippen molar-refractivity contribution in [3.8, 4) is 0 Å². The number of hydrogen-bond donors (Lipinski definition) is 1. The Kier molecular flexibility index (Phi) is 5.87. The van der Waals surface area contributed by atoms with Gasteiger partial charge in [-0.15, -0.1) is 0 Å². The maximum absolute atomic E-state index is 6.20. The van der Waals surface area contributed by atoms with Crippen molar-refractivity contribution in [1.29, 1.82) is 0 Å². The molecule has 1 aromatic carbocycles. The molecule has 1 aliphatic rings. The van der Waals surface area contributed by atoms with Crippen molar-refractivity contribution in [3.05, 3.63) is 28.8 Å². The summed E-state index contributed by atoms with van der Waals surface area (Å²) in [5.41, 5.74) is 2.65. The number of anilines is 1. The summed E-state index contributed by atoms with van der Waals surface area (Å²) in [6.45, 7) is 12.2. The number of nitrogens with one attached hydrogen (secondary N) is 1. The quantitative estimate of drug-likeness (QED) is 0.873. The molecule has 4 heteroatoms. The number of nitrogens with zero attached hydrogens (tertiary/aromatic N) is 1. The van der Waals surface area contributed by atoms with E-state index >= 15 is 0 Å². The van der Waals surface area contributed by atoms with Crippen LogP contribution in [-0.2, 0) is 6.54 Å². The lowest BCUT2D eigenvalue weighted by Gasteiger charge is -2.27. The summed E-state index contributed by atoms with van der Waals surface area (Å²) >= 11 is 8.28. The molecule has 0 spiro atoms. The van der Waals surface area contributed by atoms with Gasteiger partial charge in [-0.1, -0.05) is 39.3 Å². The average molecular weight is 327 g/mol. The molecule has 21 heavy (non-hydrogen) atoms. The summed E-state index contributed by atoms with van der Waals surface area (Å²) < 4.78 is 0.386. The summed E-state index contributed by atoms with van der Waals surface area (Å²) in [5, 5.41) is 4.33. The molecule has 1 heterocycles. The van der Waals surface area contributed by atoms with E-state index in [0.717, 1.165) is 24.7 Å². The Morgan fingerprint density at radius 1 is 1.33 bits per heavy atom. The Hall–Kier alpha value is -0.380. The SMILES string of the molecule is CC(C)NCc1cc(Cl)ccc1N1CCSC(C)(C)CC1. The van der Waals surface area contributed by atoms with Crippen LogP contribution in [0.15, 0.2) is 18.2 Å². The summed E-state index contributed by atoms with van der Waals surface area (Å²) in [6, 6.07) is 6.78. The van der Waals surface area contributed by atoms with Crippen LogP contribution in [0.2, 0.25) is 5.02 Å². The fraction of sp³-hybridized carbons (Fsp3) is 0.647. The van der Waals surface area contributed by atoms with Crippen molar-refractivity contribution in [3.63, 3.8) is 0 Å². The third-order valence-corrected chi connectivity index (χ3v) is 5.53. The Morgan fingerprint density at radius 3 is 2.81 bits per heavy atom. The van der Waals surface area contributed by atoms with Gasteiger partial charge < -0.3 is 10.2 Å². The number of thioether (sulfide) groups is 1. The normalized spacial score (nSPS) is 18.9. The summed E-state index contributed by atoms with van der Waals surface area (Å²) in [4.78, 5) is 2.52. The highest BCUT2D eigenvalue weighted by molar-refractivity contribution is 8.00. The van der Waals surface area contributed by atoms with Crippen LogP contribution in [-0.4, -0.2) is 29.6 Å². The molecule has 0 atom stereocenters. The van der Waals surface area contributed by atoms with E-state index in [1.165, 1.54) is 23.4 Å². The smallest absolute Gasteiger partial charge is 0.0413 e. The minimum absolute atomic E-state index is 0.386. The van der Waals surface area contributed by atoms with Crippen LogP contribution >= 0.6 is 23.4 Å². The standard InChI is InChI=1S/C17H27ClN2S/c1-13(2)19-12-14-11-15(18)5-6-16(14)20-8-7-17(3,4)21-10-9-20/h5-6,11,13,19H,7-10,12H2,1-4H3. The Labute approximate surface area is 138 Å². The lowest BCUT2D eigenvalue weighted by atomic mass is 10.1. The highest BCUT2D eigenvalue weighted by Crippen LogP contribution is 2.33. The van der Waals surface area contributed by atoms with E-state index in [0.29, 0.717) is 10.8 Å². The van der Waals surface area contributed by atoms with E-state index < -0.39 is 0 Å². The second-order valence-electron chi connectivity index (χ2n) is 6.65. The van der Waals surface area contributed by atoms with Crippen molar-refractivity contribution < 1.29 is 0 Å². The Morgan fingerprint density at radius 2 is 2.10 bits per heavy atom. The molecule has 1 saturated heterocycles. The van der Waals surface area contributed by atoms with E-state index in [-0.39, 0.29) is 0 Å². The van der Waals surface area contributed by atoms with Crippen molar-refractivity contribution in [2.24, 2.45) is 0 Å². The zero-order valence-electron chi connectivity index (χ0n) is 13.6. The molecule has 2 nitrogen and oxygen atoms in total. The van der Waals surface area contributed by atoms with Gasteiger partial charge in [0.25, 0.3) is 0 Å². The largest absolute Gasteiger partial charge is 0.370 e. The highest BCUT2D eigenvalue weighted by Gasteiger charge is 2.24. The molecule has 1 aliphatic heterocycles. The molecule has 0 radical (unpaired) electrons. The molecule has 1 fully saturated rings. The Balaban J connectivity index is 2.17. The number of rotatable bonds is 4. The van der Waals surface area contributed by atoms with Gasteiger partial charge in [-0.2, -0.15) is 11.8 Å². The van der Waals surface area contributed by atoms with E-state index in [4.69, 9.17) is 11.6 Å². The van der Waals surface area contributed by atoms with Gasteiger partial charge in [0.1, 0.15) is 0 Å². The van der Waals surface area contributed by atoms with Crippen molar-refractivity contribution >= 4 is 29.1 Å². The fourth-order valence-corrected chi connectivity index (χ4v) is 3.87. The molecule has 0 unspecified atom stereocenters. The zero-order valence-corrected chi connectivity index (χ0v) is 15.2. The first-order chi connectivity index (χ1) is 9.87. The minimum Gasteiger partial charge on any atom is -0.370 e. The molecule has 118 valence electrons. The lowest BCUT2D eigenvalue weighted by Crippen LogP contribution is -2.29. The molecule has 0 aliphatic carbocycles. The van der Waals surface area contributed by atoms with E-state index in [1.54, 1.807) is 0 Å². The monoisotopic (exact) mass is 326 g/mol. The first-order valence-corrected chi connectivity index (χ1v) is 9.14. The van der Waals surface area contributed by atoms with Gasteiger partial charge in [-0.3, -0.25) is 0 Å². The fourth-order valence-electron chi connectivity index (χ4n) is 2.58. The molecular formula is C17H27ClN2S. The minimum atomic E-state index is 0.386. The van der Waals surface area contributed by atoms with E-state index in [9.17, 15) is 0 Å². The third kappa shape index (κ3) is 5.08. The second-order valence-corrected chi connectivity index (χ2v) is 8.89. The molecule has 0 saturated carbocycles. The van der Waals surface area contributed by atoms with Crippen LogP contribution in [0.25, 0.3) is 0 Å². The zero-order chi connectivity index (χ0) is 15.5. The topological polar surface area (TPSA) is 15.3 Å². The van der Waals surface area contributed by atoms with Crippen LogP contribution in [0.1, 0.15) is 39.7 Å². The van der Waals surface area contributed by atoms with Gasteiger partial charge in [-0.25, -0.2) is 0 Å². The van der Waals surface area contributed by atoms with Crippen LogP contribution in [0, 0.1) is 0 Å². The molecular weight excluding hydrogens is 300 g/mol. The number of hydrogen-bond acceptors (Lipinski definition) is 3. The average Bonchev–Trinajstić information content (AvgIpc) is 2.57. The van der Waals surface area contributed by atoms with Crippen LogP contribution in [0.3, 0.4) is 0 Å². The summed E-state index contributed by atoms with van der Waals surface area (Å²) in [7, 11) is 0. The van der Waals surface area contributed by atoms with Gasteiger partial charge in [-0.05, 0) is 30.2 Å². The van der Waals surface area contributed by atoms with Gasteiger partial charge in [0, 0.05) is 46.9 Å². The van der Waals surface area contributed by atoms with Gasteiger partial charge in [0.05, 0.1) is 0 Å². The maximum Gasteiger partial charge on any atom is 0.0413 e. The Bertz CT molecular complexity index is 474. The van der Waals surface area contributed by atoms with Crippen LogP contribution in [0.5, 0.6) is 0 Å². The van der Waals surface area contributed by atoms with Crippen LogP contribution < -0.4 is 10.2 Å². The van der Waals surface area contributed by atoms with Gasteiger partial charge in [0.15, 0.2) is 0 Å². The molecule has 0 amide bonds. The third-order valence-electron chi connectivity index (χ3n) is 3.92. The maximum atomic E-state index is 6.20. The first-order valence-electron chi connectivity index (χ1n) is 7.78. The highest BCUT2D eigenvalue weighted by atomic mass is 35.5. The predicted molar refractivity (Wildman–Crippen MR) is 96.8 cm³/mol. The van der Waals surface area contributed by atoms with Gasteiger partial charge in [0.2, 0.25) is 0 Å². The molecule has 1 aromatic rings. The summed E-state index contributed by atoms with van der Waals surface area (Å²) in [6.07, 6.45) is 1.22. The first kappa shape index (κ1) is 17.0. The second kappa shape index (κ2) is 7.26. The van der Waals surface area contributed by atoms with Crippen molar-refractivity contribution in [2.75, 3.05) is 23.7 Å². The van der Waals surface area contributed by atoms with Crippen molar-refractivity contribution in [2.45, 2.75) is 51.4 Å².